The van der Waals surface area contributed by atoms with Crippen LogP contribution in [0.3, 0.4) is 0 Å². The number of nitrogens with one attached hydrogen (secondary N) is 1. The van der Waals surface area contributed by atoms with Gasteiger partial charge in [0, 0.05) is 12.1 Å². The summed E-state index contributed by atoms with van der Waals surface area (Å²) in [6, 6.07) is 8.98. The summed E-state index contributed by atoms with van der Waals surface area (Å²) in [5.41, 5.74) is 1.14. The molecule has 1 aromatic rings. The molecule has 0 atom stereocenters. The van der Waals surface area contributed by atoms with Gasteiger partial charge in [0.2, 0.25) is 0 Å². The minimum atomic E-state index is -0.578. The van der Waals surface area contributed by atoms with E-state index in [1.807, 2.05) is 6.07 Å². The fourth-order valence-electron chi connectivity index (χ4n) is 1.10. The number of carbonyl (C=O) groups is 1. The quantitative estimate of drug-likeness (QED) is 0.829. The first-order valence-corrected chi connectivity index (χ1v) is 4.44. The first-order chi connectivity index (χ1) is 7.27. The minimum Gasteiger partial charge on any atom is -0.453 e. The van der Waals surface area contributed by atoms with Crippen LogP contribution < -0.4 is 5.32 Å². The number of ether oxygens (including phenoxy) is 1. The topological polar surface area (TPSA) is 38.3 Å². The van der Waals surface area contributed by atoms with E-state index in [0.717, 1.165) is 5.56 Å². The number of amides is 1. The third-order valence-corrected chi connectivity index (χ3v) is 1.88. The van der Waals surface area contributed by atoms with Gasteiger partial charge in [0.25, 0.3) is 0 Å². The van der Waals surface area contributed by atoms with Gasteiger partial charge in [-0.05, 0) is 5.56 Å². The molecule has 0 aliphatic carbocycles. The van der Waals surface area contributed by atoms with Crippen LogP contribution in [0.4, 0.5) is 9.18 Å². The molecule has 0 fully saturated rings. The SMILES string of the molecule is COC(=O)NCC(=CF)c1ccccc1. The van der Waals surface area contributed by atoms with Gasteiger partial charge in [-0.25, -0.2) is 9.18 Å². The molecular formula is C11H12FNO2. The second kappa shape index (κ2) is 5.80. The second-order valence-corrected chi connectivity index (χ2v) is 2.85. The molecule has 0 aromatic heterocycles. The normalized spacial score (nSPS) is 10.9. The third kappa shape index (κ3) is 3.42. The highest BCUT2D eigenvalue weighted by Crippen LogP contribution is 2.12. The van der Waals surface area contributed by atoms with Gasteiger partial charge in [-0.15, -0.1) is 0 Å². The highest BCUT2D eigenvalue weighted by Gasteiger charge is 2.03. The van der Waals surface area contributed by atoms with Crippen LogP contribution in [-0.2, 0) is 4.74 Å². The summed E-state index contributed by atoms with van der Waals surface area (Å²) < 4.78 is 16.9. The number of benzene rings is 1. The van der Waals surface area contributed by atoms with Crippen molar-refractivity contribution in [2.24, 2.45) is 0 Å². The molecule has 0 radical (unpaired) electrons. The molecule has 80 valence electrons. The molecule has 4 heteroatoms. The fraction of sp³-hybridized carbons (Fsp3) is 0.182. The molecular weight excluding hydrogens is 197 g/mol. The van der Waals surface area contributed by atoms with Crippen molar-refractivity contribution in [2.45, 2.75) is 0 Å². The molecule has 15 heavy (non-hydrogen) atoms. The molecule has 0 spiro atoms. The van der Waals surface area contributed by atoms with E-state index in [4.69, 9.17) is 0 Å². The Morgan fingerprint density at radius 2 is 2.13 bits per heavy atom. The van der Waals surface area contributed by atoms with E-state index in [1.165, 1.54) is 7.11 Å². The first kappa shape index (κ1) is 11.2. The fourth-order valence-corrected chi connectivity index (χ4v) is 1.10. The summed E-state index contributed by atoms with van der Waals surface area (Å²) in [7, 11) is 1.26. The van der Waals surface area contributed by atoms with Crippen LogP contribution in [-0.4, -0.2) is 19.7 Å². The van der Waals surface area contributed by atoms with E-state index in [-0.39, 0.29) is 6.54 Å². The number of halogens is 1. The molecule has 3 nitrogen and oxygen atoms in total. The Labute approximate surface area is 87.6 Å². The van der Waals surface area contributed by atoms with Crippen LogP contribution in [0.25, 0.3) is 5.57 Å². The van der Waals surface area contributed by atoms with Crippen molar-refractivity contribution in [1.82, 2.24) is 5.32 Å². The third-order valence-electron chi connectivity index (χ3n) is 1.88. The molecule has 0 bridgehead atoms. The van der Waals surface area contributed by atoms with Gasteiger partial charge in [-0.2, -0.15) is 0 Å². The smallest absolute Gasteiger partial charge is 0.407 e. The largest absolute Gasteiger partial charge is 0.453 e. The first-order valence-electron chi connectivity index (χ1n) is 4.44. The van der Waals surface area contributed by atoms with Crippen molar-refractivity contribution >= 4 is 11.7 Å². The summed E-state index contributed by atoms with van der Waals surface area (Å²) in [6.45, 7) is 0.104. The second-order valence-electron chi connectivity index (χ2n) is 2.85. The molecule has 0 aliphatic rings. The molecule has 1 aromatic carbocycles. The maximum atomic E-state index is 12.5. The molecule has 0 saturated carbocycles. The number of alkyl carbamates (subject to hydrolysis) is 1. The van der Waals surface area contributed by atoms with Crippen LogP contribution >= 0.6 is 0 Å². The Morgan fingerprint density at radius 1 is 1.47 bits per heavy atom. The summed E-state index contributed by atoms with van der Waals surface area (Å²) in [5, 5.41) is 2.41. The molecule has 0 saturated heterocycles. The molecule has 1 rings (SSSR count). The predicted octanol–water partition coefficient (Wildman–Crippen LogP) is 2.35. The summed E-state index contributed by atoms with van der Waals surface area (Å²) >= 11 is 0. The number of rotatable bonds is 3. The lowest BCUT2D eigenvalue weighted by atomic mass is 10.1. The van der Waals surface area contributed by atoms with E-state index >= 15 is 0 Å². The predicted molar refractivity (Wildman–Crippen MR) is 55.9 cm³/mol. The Bertz CT molecular complexity index is 349. The minimum absolute atomic E-state index is 0.104. The van der Waals surface area contributed by atoms with E-state index in [1.54, 1.807) is 24.3 Å². The van der Waals surface area contributed by atoms with E-state index in [9.17, 15) is 9.18 Å². The highest BCUT2D eigenvalue weighted by molar-refractivity contribution is 5.73. The van der Waals surface area contributed by atoms with Crippen LogP contribution in [0.1, 0.15) is 5.56 Å². The number of hydrogen-bond acceptors (Lipinski definition) is 2. The Morgan fingerprint density at radius 3 is 2.67 bits per heavy atom. The summed E-state index contributed by atoms with van der Waals surface area (Å²) in [6.07, 6.45) is -0.101. The monoisotopic (exact) mass is 209 g/mol. The standard InChI is InChI=1S/C11H12FNO2/c1-15-11(14)13-8-10(7-12)9-5-3-2-4-6-9/h2-7H,8H2,1H3,(H,13,14). The zero-order valence-electron chi connectivity index (χ0n) is 8.37. The maximum Gasteiger partial charge on any atom is 0.407 e. The van der Waals surface area contributed by atoms with Gasteiger partial charge in [0.1, 0.15) is 0 Å². The molecule has 0 heterocycles. The number of methoxy groups -OCH3 is 1. The van der Waals surface area contributed by atoms with Crippen molar-refractivity contribution in [3.05, 3.63) is 42.2 Å². The average Bonchev–Trinajstić information content (AvgIpc) is 2.31. The zero-order valence-corrected chi connectivity index (χ0v) is 8.37. The van der Waals surface area contributed by atoms with E-state index in [2.05, 4.69) is 10.1 Å². The number of carbonyl (C=O) groups excluding carboxylic acids is 1. The molecule has 0 unspecified atom stereocenters. The Balaban J connectivity index is 2.63. The van der Waals surface area contributed by atoms with Gasteiger partial charge in [0.05, 0.1) is 13.4 Å². The van der Waals surface area contributed by atoms with Gasteiger partial charge in [-0.3, -0.25) is 0 Å². The van der Waals surface area contributed by atoms with Gasteiger partial charge >= 0.3 is 6.09 Å². The summed E-state index contributed by atoms with van der Waals surface area (Å²) in [5.74, 6) is 0. The van der Waals surface area contributed by atoms with Crippen LogP contribution in [0, 0.1) is 0 Å². The lowest BCUT2D eigenvalue weighted by molar-refractivity contribution is 0.172. The van der Waals surface area contributed by atoms with Crippen molar-refractivity contribution in [1.29, 1.82) is 0 Å². The Hall–Kier alpha value is -1.84. The lowest BCUT2D eigenvalue weighted by Crippen LogP contribution is -2.24. The van der Waals surface area contributed by atoms with Gasteiger partial charge in [-0.1, -0.05) is 30.3 Å². The molecule has 0 aliphatic heterocycles. The molecule has 1 N–H and O–H groups in total. The van der Waals surface area contributed by atoms with E-state index in [0.29, 0.717) is 11.9 Å². The van der Waals surface area contributed by atoms with Crippen molar-refractivity contribution < 1.29 is 13.9 Å². The maximum absolute atomic E-state index is 12.5. The van der Waals surface area contributed by atoms with Gasteiger partial charge in [0.15, 0.2) is 0 Å². The van der Waals surface area contributed by atoms with Crippen LogP contribution in [0.5, 0.6) is 0 Å². The lowest BCUT2D eigenvalue weighted by Gasteiger charge is -2.06. The van der Waals surface area contributed by atoms with Gasteiger partial charge < -0.3 is 10.1 Å². The van der Waals surface area contributed by atoms with Crippen molar-refractivity contribution in [2.75, 3.05) is 13.7 Å². The van der Waals surface area contributed by atoms with Crippen LogP contribution in [0.15, 0.2) is 36.7 Å². The van der Waals surface area contributed by atoms with E-state index < -0.39 is 6.09 Å². The highest BCUT2D eigenvalue weighted by atomic mass is 19.1. The average molecular weight is 209 g/mol. The Kier molecular flexibility index (Phi) is 4.34. The van der Waals surface area contributed by atoms with Crippen LogP contribution in [0.2, 0.25) is 0 Å². The number of hydrogen-bond donors (Lipinski definition) is 1. The molecule has 1 amide bonds. The van der Waals surface area contributed by atoms with Crippen molar-refractivity contribution in [3.8, 4) is 0 Å². The zero-order chi connectivity index (χ0) is 11.1. The van der Waals surface area contributed by atoms with Crippen molar-refractivity contribution in [3.63, 3.8) is 0 Å². The summed E-state index contributed by atoms with van der Waals surface area (Å²) in [4.78, 5) is 10.8.